The van der Waals surface area contributed by atoms with Crippen molar-refractivity contribution in [2.45, 2.75) is 0 Å². The van der Waals surface area contributed by atoms with E-state index in [0.29, 0.717) is 5.69 Å². The van der Waals surface area contributed by atoms with Gasteiger partial charge in [-0.15, -0.1) is 0 Å². The molecule has 0 N–H and O–H groups in total. The molecule has 0 fully saturated rings. The number of nitrogens with zero attached hydrogens (tertiary/aromatic N) is 3. The van der Waals surface area contributed by atoms with E-state index >= 15 is 0 Å². The first kappa shape index (κ1) is 25.7. The Bertz CT molecular complexity index is 2910. The van der Waals surface area contributed by atoms with Gasteiger partial charge in [0.25, 0.3) is 0 Å². The molecular formula is C43H25N3O. The van der Waals surface area contributed by atoms with E-state index in [1.54, 1.807) is 0 Å². The lowest BCUT2D eigenvalue weighted by Crippen LogP contribution is -1.95. The van der Waals surface area contributed by atoms with Gasteiger partial charge in [0.2, 0.25) is 0 Å². The zero-order valence-corrected chi connectivity index (χ0v) is 25.2. The third kappa shape index (κ3) is 3.75. The van der Waals surface area contributed by atoms with Crippen molar-refractivity contribution in [3.05, 3.63) is 163 Å². The quantitative estimate of drug-likeness (QED) is 0.186. The van der Waals surface area contributed by atoms with Crippen LogP contribution in [0, 0.1) is 6.57 Å². The van der Waals surface area contributed by atoms with Crippen LogP contribution in [-0.2, 0) is 0 Å². The molecule has 10 rings (SSSR count). The summed E-state index contributed by atoms with van der Waals surface area (Å²) >= 11 is 0. The lowest BCUT2D eigenvalue weighted by Gasteiger charge is -2.11. The normalized spacial score (nSPS) is 11.8. The molecule has 0 aliphatic carbocycles. The third-order valence-corrected chi connectivity index (χ3v) is 9.50. The van der Waals surface area contributed by atoms with Crippen LogP contribution in [0.1, 0.15) is 0 Å². The van der Waals surface area contributed by atoms with Crippen molar-refractivity contribution in [1.82, 2.24) is 9.13 Å². The molecule has 0 radical (unpaired) electrons. The molecule has 0 saturated heterocycles. The molecule has 4 heteroatoms. The molecular weight excluding hydrogens is 574 g/mol. The van der Waals surface area contributed by atoms with Gasteiger partial charge in [-0.05, 0) is 77.9 Å². The average molecular weight is 600 g/mol. The maximum absolute atomic E-state index is 7.54. The van der Waals surface area contributed by atoms with E-state index in [-0.39, 0.29) is 0 Å². The van der Waals surface area contributed by atoms with Crippen LogP contribution in [0.5, 0.6) is 0 Å². The molecule has 0 aliphatic rings. The second-order valence-corrected chi connectivity index (χ2v) is 12.1. The van der Waals surface area contributed by atoms with Crippen LogP contribution in [0.15, 0.2) is 156 Å². The largest absolute Gasteiger partial charge is 0.456 e. The van der Waals surface area contributed by atoms with Gasteiger partial charge >= 0.3 is 0 Å². The van der Waals surface area contributed by atoms with E-state index in [1.165, 1.54) is 43.7 Å². The van der Waals surface area contributed by atoms with Gasteiger partial charge in [0.1, 0.15) is 11.2 Å². The molecule has 0 atom stereocenters. The van der Waals surface area contributed by atoms with E-state index in [9.17, 15) is 0 Å². The standard InChI is InChI=1S/C43H25N3O/c1-44-29-18-20-42-36(23-29)37-24-31(19-21-43(37)47-42)46-39-17-8-6-15-33(39)35-25-40-34(26-41(35)46)32-14-5-7-16-38(32)45(40)30-13-9-12-28(22-30)27-10-3-2-4-11-27/h2-26H. The summed E-state index contributed by atoms with van der Waals surface area (Å²) in [5.74, 6) is 0. The van der Waals surface area contributed by atoms with Gasteiger partial charge in [-0.25, -0.2) is 4.85 Å². The second kappa shape index (κ2) is 9.71. The van der Waals surface area contributed by atoms with Crippen LogP contribution < -0.4 is 0 Å². The van der Waals surface area contributed by atoms with E-state index in [2.05, 4.69) is 141 Å². The van der Waals surface area contributed by atoms with Crippen LogP contribution in [0.4, 0.5) is 5.69 Å². The topological polar surface area (TPSA) is 27.4 Å². The molecule has 7 aromatic carbocycles. The summed E-state index contributed by atoms with van der Waals surface area (Å²) in [6, 6.07) is 53.5. The van der Waals surface area contributed by atoms with Gasteiger partial charge in [0.15, 0.2) is 5.69 Å². The Morgan fingerprint density at radius 3 is 1.66 bits per heavy atom. The molecule has 0 unspecified atom stereocenters. The number of rotatable bonds is 3. The van der Waals surface area contributed by atoms with Crippen molar-refractivity contribution < 1.29 is 4.42 Å². The Labute approximate surface area is 269 Å². The number of hydrogen-bond donors (Lipinski definition) is 0. The summed E-state index contributed by atoms with van der Waals surface area (Å²) in [5, 5.41) is 6.78. The van der Waals surface area contributed by atoms with Gasteiger partial charge < -0.3 is 13.6 Å². The van der Waals surface area contributed by atoms with E-state index in [4.69, 9.17) is 11.0 Å². The minimum atomic E-state index is 0.607. The molecule has 0 saturated carbocycles. The zero-order valence-electron chi connectivity index (χ0n) is 25.2. The highest BCUT2D eigenvalue weighted by atomic mass is 16.3. The van der Waals surface area contributed by atoms with Crippen LogP contribution >= 0.6 is 0 Å². The smallest absolute Gasteiger partial charge is 0.188 e. The fourth-order valence-corrected chi connectivity index (χ4v) is 7.40. The first-order valence-corrected chi connectivity index (χ1v) is 15.7. The highest BCUT2D eigenvalue weighted by molar-refractivity contribution is 6.19. The molecule has 3 aromatic heterocycles. The molecule has 0 amide bonds. The number of hydrogen-bond acceptors (Lipinski definition) is 1. The van der Waals surface area contributed by atoms with Gasteiger partial charge in [-0.2, -0.15) is 0 Å². The summed E-state index contributed by atoms with van der Waals surface area (Å²) in [6.07, 6.45) is 0. The number of fused-ring (bicyclic) bond motifs is 9. The van der Waals surface area contributed by atoms with Crippen molar-refractivity contribution >= 4 is 71.2 Å². The summed E-state index contributed by atoms with van der Waals surface area (Å²) in [5.41, 5.74) is 11.4. The Morgan fingerprint density at radius 2 is 0.979 bits per heavy atom. The minimum absolute atomic E-state index is 0.607. The highest BCUT2D eigenvalue weighted by Crippen LogP contribution is 2.41. The molecule has 0 bridgehead atoms. The van der Waals surface area contributed by atoms with Crippen molar-refractivity contribution in [3.8, 4) is 22.5 Å². The van der Waals surface area contributed by atoms with E-state index in [0.717, 1.165) is 44.3 Å². The number of benzene rings is 7. The number of para-hydroxylation sites is 2. The maximum atomic E-state index is 7.54. The van der Waals surface area contributed by atoms with E-state index in [1.807, 2.05) is 24.3 Å². The Kier molecular flexibility index (Phi) is 5.32. The fourth-order valence-electron chi connectivity index (χ4n) is 7.40. The summed E-state index contributed by atoms with van der Waals surface area (Å²) in [7, 11) is 0. The van der Waals surface area contributed by atoms with Crippen molar-refractivity contribution in [2.24, 2.45) is 0 Å². The Balaban J connectivity index is 1.27. The molecule has 10 aromatic rings. The molecule has 4 nitrogen and oxygen atoms in total. The zero-order chi connectivity index (χ0) is 31.1. The SMILES string of the molecule is [C-]#[N+]c1ccc2oc3ccc(-n4c5ccccc5c5cc6c(cc54)c4ccccc4n6-c4cccc(-c5ccccc5)c4)cc3c2c1. The highest BCUT2D eigenvalue weighted by Gasteiger charge is 2.19. The molecule has 3 heterocycles. The summed E-state index contributed by atoms with van der Waals surface area (Å²) in [4.78, 5) is 3.66. The van der Waals surface area contributed by atoms with Crippen molar-refractivity contribution in [2.75, 3.05) is 0 Å². The van der Waals surface area contributed by atoms with Gasteiger partial charge in [0.05, 0.1) is 28.6 Å². The van der Waals surface area contributed by atoms with Crippen molar-refractivity contribution in [1.29, 1.82) is 0 Å². The predicted octanol–water partition coefficient (Wildman–Crippen LogP) is 12.0. The van der Waals surface area contributed by atoms with E-state index < -0.39 is 0 Å². The van der Waals surface area contributed by atoms with Crippen LogP contribution in [0.2, 0.25) is 0 Å². The number of furan rings is 1. The Hall–Kier alpha value is -6.57. The lowest BCUT2D eigenvalue weighted by atomic mass is 10.1. The van der Waals surface area contributed by atoms with Crippen LogP contribution in [-0.4, -0.2) is 9.13 Å². The van der Waals surface area contributed by atoms with Gasteiger partial charge in [-0.3, -0.25) is 0 Å². The lowest BCUT2D eigenvalue weighted by molar-refractivity contribution is 0.669. The second-order valence-electron chi connectivity index (χ2n) is 12.1. The summed E-state index contributed by atoms with van der Waals surface area (Å²) < 4.78 is 10.9. The third-order valence-electron chi connectivity index (χ3n) is 9.50. The first-order chi connectivity index (χ1) is 23.2. The maximum Gasteiger partial charge on any atom is 0.188 e. The number of aromatic nitrogens is 2. The minimum Gasteiger partial charge on any atom is -0.456 e. The predicted molar refractivity (Wildman–Crippen MR) is 194 cm³/mol. The molecule has 47 heavy (non-hydrogen) atoms. The monoisotopic (exact) mass is 599 g/mol. The molecule has 0 spiro atoms. The van der Waals surface area contributed by atoms with Crippen LogP contribution in [0.3, 0.4) is 0 Å². The molecule has 218 valence electrons. The first-order valence-electron chi connectivity index (χ1n) is 15.7. The average Bonchev–Trinajstić information content (AvgIpc) is 3.77. The molecule has 0 aliphatic heterocycles. The van der Waals surface area contributed by atoms with Gasteiger partial charge in [0, 0.05) is 43.7 Å². The van der Waals surface area contributed by atoms with Crippen LogP contribution in [0.25, 0.3) is 92.9 Å². The van der Waals surface area contributed by atoms with Crippen molar-refractivity contribution in [3.63, 3.8) is 0 Å². The summed E-state index contributed by atoms with van der Waals surface area (Å²) in [6.45, 7) is 7.54. The fraction of sp³-hybridized carbons (Fsp3) is 0. The Morgan fingerprint density at radius 1 is 0.404 bits per heavy atom. The van der Waals surface area contributed by atoms with Gasteiger partial charge in [-0.1, -0.05) is 84.9 Å².